The Balaban J connectivity index is 2.41. The average Bonchev–Trinajstić information content (AvgIpc) is 2.44. The molecule has 0 bridgehead atoms. The van der Waals surface area contributed by atoms with Gasteiger partial charge in [-0.3, -0.25) is 0 Å². The molecule has 0 spiro atoms. The van der Waals surface area contributed by atoms with E-state index in [9.17, 15) is 5.11 Å². The van der Waals surface area contributed by atoms with Gasteiger partial charge >= 0.3 is 0 Å². The standard InChI is InChI=1S/C13H19Cl2NO4/c1-13(7-17,8-18)16-5-10(19)6-20-12-3-2-9(14)4-11(12)15/h2-4,10,16-19H,5-8H2,1H3. The lowest BCUT2D eigenvalue weighted by Gasteiger charge is -2.27. The quantitative estimate of drug-likeness (QED) is 0.575. The van der Waals surface area contributed by atoms with E-state index in [0.717, 1.165) is 0 Å². The Morgan fingerprint density at radius 2 is 1.95 bits per heavy atom. The fourth-order valence-corrected chi connectivity index (χ4v) is 1.83. The molecule has 0 aliphatic heterocycles. The lowest BCUT2D eigenvalue weighted by atomic mass is 10.1. The number of hydrogen-bond donors (Lipinski definition) is 4. The smallest absolute Gasteiger partial charge is 0.138 e. The molecular formula is C13H19Cl2NO4. The van der Waals surface area contributed by atoms with Gasteiger partial charge in [0.1, 0.15) is 18.5 Å². The molecule has 1 aromatic rings. The van der Waals surface area contributed by atoms with Gasteiger partial charge in [-0.05, 0) is 25.1 Å². The molecule has 0 aliphatic rings. The maximum Gasteiger partial charge on any atom is 0.138 e. The molecule has 7 heteroatoms. The van der Waals surface area contributed by atoms with Crippen molar-refractivity contribution >= 4 is 23.2 Å². The number of nitrogens with one attached hydrogen (secondary N) is 1. The summed E-state index contributed by atoms with van der Waals surface area (Å²) in [5.41, 5.74) is -0.834. The van der Waals surface area contributed by atoms with Crippen LogP contribution >= 0.6 is 23.2 Å². The number of rotatable bonds is 8. The van der Waals surface area contributed by atoms with Crippen LogP contribution in [0, 0.1) is 0 Å². The molecule has 0 saturated heterocycles. The fourth-order valence-electron chi connectivity index (χ4n) is 1.36. The Morgan fingerprint density at radius 1 is 1.30 bits per heavy atom. The molecule has 0 amide bonds. The van der Waals surface area contributed by atoms with Crippen LogP contribution in [0.3, 0.4) is 0 Å². The number of hydrogen-bond acceptors (Lipinski definition) is 5. The zero-order chi connectivity index (χ0) is 15.2. The summed E-state index contributed by atoms with van der Waals surface area (Å²) in [6, 6.07) is 4.82. The molecule has 1 atom stereocenters. The van der Waals surface area contributed by atoms with Gasteiger partial charge in [0.05, 0.1) is 23.8 Å². The Labute approximate surface area is 128 Å². The van der Waals surface area contributed by atoms with Crippen LogP contribution in [0.2, 0.25) is 10.0 Å². The third kappa shape index (κ3) is 5.44. The second-order valence-corrected chi connectivity index (χ2v) is 5.64. The van der Waals surface area contributed by atoms with Crippen molar-refractivity contribution in [2.45, 2.75) is 18.6 Å². The molecule has 4 N–H and O–H groups in total. The SMILES string of the molecule is CC(CO)(CO)NCC(O)COc1ccc(Cl)cc1Cl. The van der Waals surface area contributed by atoms with Crippen molar-refractivity contribution in [2.24, 2.45) is 0 Å². The van der Waals surface area contributed by atoms with Crippen LogP contribution in [0.4, 0.5) is 0 Å². The van der Waals surface area contributed by atoms with Gasteiger partial charge in [-0.25, -0.2) is 0 Å². The Bertz CT molecular complexity index is 427. The van der Waals surface area contributed by atoms with Crippen LogP contribution in [-0.2, 0) is 0 Å². The van der Waals surface area contributed by atoms with Crippen molar-refractivity contribution in [3.8, 4) is 5.75 Å². The van der Waals surface area contributed by atoms with E-state index in [2.05, 4.69) is 5.32 Å². The first-order valence-electron chi connectivity index (χ1n) is 6.13. The first-order chi connectivity index (χ1) is 9.40. The number of β-amino-alcohol motifs (C(OH)–C–C–N with tert-alkyl or cyclic N) is 1. The van der Waals surface area contributed by atoms with Crippen LogP contribution in [-0.4, -0.2) is 53.3 Å². The number of aliphatic hydroxyl groups excluding tert-OH is 3. The van der Waals surface area contributed by atoms with Crippen molar-refractivity contribution in [1.82, 2.24) is 5.32 Å². The summed E-state index contributed by atoms with van der Waals surface area (Å²) in [4.78, 5) is 0. The van der Waals surface area contributed by atoms with E-state index < -0.39 is 11.6 Å². The van der Waals surface area contributed by atoms with E-state index in [4.69, 9.17) is 38.2 Å². The third-order valence-electron chi connectivity index (χ3n) is 2.79. The van der Waals surface area contributed by atoms with Gasteiger partial charge in [0.2, 0.25) is 0 Å². The molecule has 20 heavy (non-hydrogen) atoms. The van der Waals surface area contributed by atoms with Gasteiger partial charge in [0.15, 0.2) is 0 Å². The van der Waals surface area contributed by atoms with Crippen molar-refractivity contribution in [3.05, 3.63) is 28.2 Å². The summed E-state index contributed by atoms with van der Waals surface area (Å²) < 4.78 is 5.38. The molecule has 5 nitrogen and oxygen atoms in total. The van der Waals surface area contributed by atoms with Crippen LogP contribution in [0.5, 0.6) is 5.75 Å². The van der Waals surface area contributed by atoms with Crippen molar-refractivity contribution in [1.29, 1.82) is 0 Å². The molecule has 0 fully saturated rings. The monoisotopic (exact) mass is 323 g/mol. The fraction of sp³-hybridized carbons (Fsp3) is 0.538. The van der Waals surface area contributed by atoms with E-state index in [-0.39, 0.29) is 26.4 Å². The lowest BCUT2D eigenvalue weighted by Crippen LogP contribution is -2.52. The van der Waals surface area contributed by atoms with Gasteiger partial charge in [-0.15, -0.1) is 0 Å². The Kier molecular flexibility index (Phi) is 7.02. The third-order valence-corrected chi connectivity index (χ3v) is 3.32. The minimum Gasteiger partial charge on any atom is -0.489 e. The van der Waals surface area contributed by atoms with Gasteiger partial charge in [-0.1, -0.05) is 23.2 Å². The molecule has 0 radical (unpaired) electrons. The molecular weight excluding hydrogens is 305 g/mol. The molecule has 0 aromatic heterocycles. The second-order valence-electron chi connectivity index (χ2n) is 4.80. The van der Waals surface area contributed by atoms with Crippen LogP contribution < -0.4 is 10.1 Å². The zero-order valence-corrected chi connectivity index (χ0v) is 12.7. The van der Waals surface area contributed by atoms with Crippen molar-refractivity contribution in [3.63, 3.8) is 0 Å². The number of benzene rings is 1. The predicted octanol–water partition coefficient (Wildman–Crippen LogP) is 1.07. The maximum absolute atomic E-state index is 9.79. The van der Waals surface area contributed by atoms with Crippen LogP contribution in [0.25, 0.3) is 0 Å². The molecule has 1 rings (SSSR count). The van der Waals surface area contributed by atoms with Crippen molar-refractivity contribution < 1.29 is 20.1 Å². The van der Waals surface area contributed by atoms with E-state index in [1.165, 1.54) is 0 Å². The normalized spacial score (nSPS) is 13.3. The van der Waals surface area contributed by atoms with Gasteiger partial charge in [0.25, 0.3) is 0 Å². The zero-order valence-electron chi connectivity index (χ0n) is 11.1. The number of aliphatic hydroxyl groups is 3. The topological polar surface area (TPSA) is 82.0 Å². The van der Waals surface area contributed by atoms with E-state index in [1.807, 2.05) is 0 Å². The van der Waals surface area contributed by atoms with E-state index >= 15 is 0 Å². The van der Waals surface area contributed by atoms with Gasteiger partial charge in [0, 0.05) is 11.6 Å². The highest BCUT2D eigenvalue weighted by Gasteiger charge is 2.22. The summed E-state index contributed by atoms with van der Waals surface area (Å²) in [6.07, 6.45) is -0.806. The molecule has 0 heterocycles. The average molecular weight is 324 g/mol. The van der Waals surface area contributed by atoms with Crippen molar-refractivity contribution in [2.75, 3.05) is 26.4 Å². The van der Waals surface area contributed by atoms with Gasteiger partial charge in [-0.2, -0.15) is 0 Å². The summed E-state index contributed by atoms with van der Waals surface area (Å²) in [6.45, 7) is 1.38. The van der Waals surface area contributed by atoms with Gasteiger partial charge < -0.3 is 25.4 Å². The second kappa shape index (κ2) is 8.02. The maximum atomic E-state index is 9.79. The summed E-state index contributed by atoms with van der Waals surface area (Å²) in [5, 5.41) is 31.7. The van der Waals surface area contributed by atoms with E-state index in [0.29, 0.717) is 15.8 Å². The Morgan fingerprint density at radius 3 is 2.50 bits per heavy atom. The highest BCUT2D eigenvalue weighted by atomic mass is 35.5. The molecule has 1 aromatic carbocycles. The first kappa shape index (κ1) is 17.5. The predicted molar refractivity (Wildman–Crippen MR) is 78.5 cm³/mol. The summed E-state index contributed by atoms with van der Waals surface area (Å²) in [5.74, 6) is 0.433. The largest absolute Gasteiger partial charge is 0.489 e. The summed E-state index contributed by atoms with van der Waals surface area (Å²) in [7, 11) is 0. The lowest BCUT2D eigenvalue weighted by molar-refractivity contribution is 0.0666. The van der Waals surface area contributed by atoms with E-state index in [1.54, 1.807) is 25.1 Å². The van der Waals surface area contributed by atoms with Crippen LogP contribution in [0.1, 0.15) is 6.92 Å². The molecule has 114 valence electrons. The minimum atomic E-state index is -0.834. The number of ether oxygens (including phenoxy) is 1. The molecule has 0 aliphatic carbocycles. The highest BCUT2D eigenvalue weighted by molar-refractivity contribution is 6.35. The Hall–Kier alpha value is -0.560. The summed E-state index contributed by atoms with van der Waals surface area (Å²) >= 11 is 11.7. The molecule has 1 unspecified atom stereocenters. The minimum absolute atomic E-state index is 0.0291. The molecule has 0 saturated carbocycles. The number of halogens is 2. The van der Waals surface area contributed by atoms with Crippen LogP contribution in [0.15, 0.2) is 18.2 Å². The first-order valence-corrected chi connectivity index (χ1v) is 6.88. The highest BCUT2D eigenvalue weighted by Crippen LogP contribution is 2.27.